The Morgan fingerprint density at radius 3 is 2.19 bits per heavy atom. The maximum atomic E-state index is 11.3. The van der Waals surface area contributed by atoms with Crippen molar-refractivity contribution in [3.05, 3.63) is 33.5 Å². The molecule has 0 aliphatic carbocycles. The van der Waals surface area contributed by atoms with E-state index in [0.717, 1.165) is 27.7 Å². The van der Waals surface area contributed by atoms with Crippen LogP contribution >= 0.6 is 34.3 Å². The van der Waals surface area contributed by atoms with E-state index in [2.05, 4.69) is 42.3 Å². The van der Waals surface area contributed by atoms with E-state index in [0.29, 0.717) is 6.54 Å². The second-order valence-electron chi connectivity index (χ2n) is 8.74. The Bertz CT molecular complexity index is 905. The van der Waals surface area contributed by atoms with Crippen molar-refractivity contribution in [1.29, 1.82) is 0 Å². The van der Waals surface area contributed by atoms with Gasteiger partial charge in [0, 0.05) is 32.3 Å². The zero-order chi connectivity index (χ0) is 22.1. The molecule has 1 aromatic carbocycles. The van der Waals surface area contributed by atoms with Crippen molar-refractivity contribution in [1.82, 2.24) is 4.90 Å². The molecule has 0 amide bonds. The summed E-state index contributed by atoms with van der Waals surface area (Å²) < 4.78 is 3.18. The average molecular weight is 480 g/mol. The Kier molecular flexibility index (Phi) is 10.6. The van der Waals surface area contributed by atoms with E-state index >= 15 is 0 Å². The predicted octanol–water partition coefficient (Wildman–Crippen LogP) is 9.05. The number of hydrogen-bond donors (Lipinski definition) is 1. The molecule has 0 aliphatic rings. The van der Waals surface area contributed by atoms with Crippen LogP contribution in [0.4, 0.5) is 0 Å². The van der Waals surface area contributed by atoms with Gasteiger partial charge in [0.15, 0.2) is 0 Å². The molecule has 2 nitrogen and oxygen atoms in total. The fraction of sp³-hybridized carbons (Fsp3) is 0.615. The van der Waals surface area contributed by atoms with Crippen LogP contribution in [0.15, 0.2) is 23.6 Å². The van der Waals surface area contributed by atoms with E-state index in [4.69, 9.17) is 11.6 Å². The highest BCUT2D eigenvalue weighted by molar-refractivity contribution is 7.23. The standard InChI is InChI=1S/C26H38ClNOS2/c1-3-5-7-9-11-14-28(15-12-10-8-6-4-2)19-23(29)22-17-24-20(13-16-30-24)21-18-25(27)31-26(21)22/h13,16-18,23,29H,3-12,14-15,19H2,1-2H3. The summed E-state index contributed by atoms with van der Waals surface area (Å²) in [5.74, 6) is 0. The molecule has 0 spiro atoms. The second kappa shape index (κ2) is 13.2. The summed E-state index contributed by atoms with van der Waals surface area (Å²) in [5, 5.41) is 15.9. The molecule has 1 unspecified atom stereocenters. The number of fused-ring (bicyclic) bond motifs is 3. The van der Waals surface area contributed by atoms with Crippen LogP contribution in [0.25, 0.3) is 20.2 Å². The predicted molar refractivity (Wildman–Crippen MR) is 141 cm³/mol. The fourth-order valence-corrected chi connectivity index (χ4v) is 6.55. The zero-order valence-electron chi connectivity index (χ0n) is 19.2. The molecule has 5 heteroatoms. The third-order valence-corrected chi connectivity index (χ3v) is 8.36. The van der Waals surface area contributed by atoms with Gasteiger partial charge in [-0.25, -0.2) is 0 Å². The zero-order valence-corrected chi connectivity index (χ0v) is 21.6. The molecule has 0 fully saturated rings. The average Bonchev–Trinajstić information content (AvgIpc) is 3.38. The van der Waals surface area contributed by atoms with Crippen molar-refractivity contribution in [3.8, 4) is 0 Å². The van der Waals surface area contributed by atoms with Crippen molar-refractivity contribution in [2.24, 2.45) is 0 Å². The lowest BCUT2D eigenvalue weighted by Gasteiger charge is -2.26. The molecule has 3 rings (SSSR count). The summed E-state index contributed by atoms with van der Waals surface area (Å²) in [5.41, 5.74) is 1.05. The molecule has 0 aliphatic heterocycles. The fourth-order valence-electron chi connectivity index (χ4n) is 4.40. The van der Waals surface area contributed by atoms with Crippen LogP contribution < -0.4 is 0 Å². The van der Waals surface area contributed by atoms with Crippen LogP contribution in [-0.4, -0.2) is 29.6 Å². The Labute approximate surface area is 201 Å². The molecular formula is C26H38ClNOS2. The maximum absolute atomic E-state index is 11.3. The SMILES string of the molecule is CCCCCCCN(CCCCCCC)CC(O)c1cc2sccc2c2cc(Cl)sc12. The lowest BCUT2D eigenvalue weighted by Crippen LogP contribution is -2.31. The molecule has 0 saturated heterocycles. The van der Waals surface area contributed by atoms with Crippen molar-refractivity contribution >= 4 is 54.4 Å². The minimum absolute atomic E-state index is 0.477. The highest BCUT2D eigenvalue weighted by Gasteiger charge is 2.19. The number of halogens is 1. The third-order valence-electron chi connectivity index (χ3n) is 6.18. The van der Waals surface area contributed by atoms with Crippen molar-refractivity contribution in [3.63, 3.8) is 0 Å². The van der Waals surface area contributed by atoms with E-state index in [1.807, 2.05) is 0 Å². The Balaban J connectivity index is 1.69. The maximum Gasteiger partial charge on any atom is 0.0941 e. The summed E-state index contributed by atoms with van der Waals surface area (Å²) in [6.07, 6.45) is 12.4. The van der Waals surface area contributed by atoms with Crippen molar-refractivity contribution < 1.29 is 5.11 Å². The first-order valence-electron chi connectivity index (χ1n) is 12.1. The largest absolute Gasteiger partial charge is 0.387 e. The van der Waals surface area contributed by atoms with Crippen LogP contribution in [0, 0.1) is 0 Å². The topological polar surface area (TPSA) is 23.5 Å². The van der Waals surface area contributed by atoms with Crippen LogP contribution in [-0.2, 0) is 0 Å². The van der Waals surface area contributed by atoms with Gasteiger partial charge < -0.3 is 10.0 Å². The number of aliphatic hydroxyl groups is 1. The lowest BCUT2D eigenvalue weighted by molar-refractivity contribution is 0.111. The van der Waals surface area contributed by atoms with Gasteiger partial charge in [-0.05, 0) is 49.5 Å². The van der Waals surface area contributed by atoms with Crippen molar-refractivity contribution in [2.75, 3.05) is 19.6 Å². The molecule has 1 N–H and O–H groups in total. The molecule has 1 atom stereocenters. The first kappa shape index (κ1) is 25.0. The van der Waals surface area contributed by atoms with Gasteiger partial charge in [0.25, 0.3) is 0 Å². The first-order chi connectivity index (χ1) is 15.1. The molecule has 3 aromatic rings. The molecule has 0 radical (unpaired) electrons. The van der Waals surface area contributed by atoms with E-state index in [-0.39, 0.29) is 0 Å². The summed E-state index contributed by atoms with van der Waals surface area (Å²) in [6, 6.07) is 6.42. The van der Waals surface area contributed by atoms with Gasteiger partial charge in [-0.2, -0.15) is 0 Å². The normalized spacial score (nSPS) is 13.1. The van der Waals surface area contributed by atoms with E-state index in [1.165, 1.54) is 79.7 Å². The quantitative estimate of drug-likeness (QED) is 0.220. The first-order valence-corrected chi connectivity index (χ1v) is 14.2. The number of rotatable bonds is 15. The molecule has 0 bridgehead atoms. The van der Waals surface area contributed by atoms with Gasteiger partial charge in [-0.1, -0.05) is 76.8 Å². The number of thiophene rings is 2. The Hall–Kier alpha value is -0.650. The minimum atomic E-state index is -0.477. The minimum Gasteiger partial charge on any atom is -0.387 e. The second-order valence-corrected chi connectivity index (χ2v) is 11.4. The smallest absolute Gasteiger partial charge is 0.0941 e. The highest BCUT2D eigenvalue weighted by atomic mass is 35.5. The molecule has 31 heavy (non-hydrogen) atoms. The third kappa shape index (κ3) is 7.17. The van der Waals surface area contributed by atoms with Gasteiger partial charge >= 0.3 is 0 Å². The number of nitrogens with zero attached hydrogens (tertiary/aromatic N) is 1. The van der Waals surface area contributed by atoms with E-state index < -0.39 is 6.10 Å². The van der Waals surface area contributed by atoms with Gasteiger partial charge in [0.05, 0.1) is 10.4 Å². The number of benzene rings is 1. The van der Waals surface area contributed by atoms with Gasteiger partial charge in [-0.15, -0.1) is 22.7 Å². The lowest BCUT2D eigenvalue weighted by atomic mass is 10.0. The van der Waals surface area contributed by atoms with E-state index in [9.17, 15) is 5.11 Å². The summed E-state index contributed by atoms with van der Waals surface area (Å²) >= 11 is 9.72. The summed E-state index contributed by atoms with van der Waals surface area (Å²) in [7, 11) is 0. The number of aliphatic hydroxyl groups excluding tert-OH is 1. The Morgan fingerprint density at radius 1 is 0.903 bits per heavy atom. The van der Waals surface area contributed by atoms with Crippen LogP contribution in [0.3, 0.4) is 0 Å². The van der Waals surface area contributed by atoms with Gasteiger partial charge in [0.1, 0.15) is 0 Å². The van der Waals surface area contributed by atoms with Crippen LogP contribution in [0.1, 0.15) is 89.7 Å². The van der Waals surface area contributed by atoms with E-state index in [1.54, 1.807) is 22.7 Å². The molecule has 2 aromatic heterocycles. The van der Waals surface area contributed by atoms with Gasteiger partial charge in [-0.3, -0.25) is 0 Å². The number of hydrogen-bond acceptors (Lipinski definition) is 4. The van der Waals surface area contributed by atoms with Gasteiger partial charge in [0.2, 0.25) is 0 Å². The molecular weight excluding hydrogens is 442 g/mol. The number of unbranched alkanes of at least 4 members (excludes halogenated alkanes) is 8. The van der Waals surface area contributed by atoms with Crippen LogP contribution in [0.2, 0.25) is 4.34 Å². The van der Waals surface area contributed by atoms with Crippen LogP contribution in [0.5, 0.6) is 0 Å². The highest BCUT2D eigenvalue weighted by Crippen LogP contribution is 2.41. The monoisotopic (exact) mass is 479 g/mol. The Morgan fingerprint density at radius 2 is 1.55 bits per heavy atom. The van der Waals surface area contributed by atoms with Crippen molar-refractivity contribution in [2.45, 2.75) is 84.2 Å². The molecule has 172 valence electrons. The summed E-state index contributed by atoms with van der Waals surface area (Å²) in [4.78, 5) is 2.50. The molecule has 2 heterocycles. The molecule has 0 saturated carbocycles. The summed E-state index contributed by atoms with van der Waals surface area (Å²) in [6.45, 7) is 7.42.